The van der Waals surface area contributed by atoms with E-state index in [0.717, 1.165) is 12.3 Å². The molecule has 3 atom stereocenters. The summed E-state index contributed by atoms with van der Waals surface area (Å²) < 4.78 is 5.59. The minimum atomic E-state index is -0.335. The number of ether oxygens (including phenoxy) is 1. The summed E-state index contributed by atoms with van der Waals surface area (Å²) in [7, 11) is 0. The summed E-state index contributed by atoms with van der Waals surface area (Å²) >= 11 is 0. The molecule has 2 aliphatic carbocycles. The fourth-order valence-electron chi connectivity index (χ4n) is 3.61. The van der Waals surface area contributed by atoms with Gasteiger partial charge in [0.15, 0.2) is 0 Å². The maximum atomic E-state index is 12.2. The molecule has 2 rings (SSSR count). The molecule has 0 radical (unpaired) electrons. The first-order chi connectivity index (χ1) is 7.97. The molecule has 2 saturated carbocycles. The van der Waals surface area contributed by atoms with E-state index in [2.05, 4.69) is 0 Å². The molecule has 2 aliphatic rings. The molecule has 0 aromatic carbocycles. The van der Waals surface area contributed by atoms with E-state index in [-0.39, 0.29) is 17.5 Å². The van der Waals surface area contributed by atoms with Gasteiger partial charge in [0.1, 0.15) is 5.60 Å². The Labute approximate surface area is 105 Å². The van der Waals surface area contributed by atoms with Gasteiger partial charge < -0.3 is 4.74 Å². The van der Waals surface area contributed by atoms with E-state index in [1.165, 1.54) is 38.5 Å². The van der Waals surface area contributed by atoms with Crippen LogP contribution in [0, 0.1) is 17.8 Å². The highest BCUT2D eigenvalue weighted by Crippen LogP contribution is 2.44. The van der Waals surface area contributed by atoms with Crippen molar-refractivity contribution in [1.29, 1.82) is 0 Å². The summed E-state index contributed by atoms with van der Waals surface area (Å²) in [6.45, 7) is 5.89. The van der Waals surface area contributed by atoms with Crippen molar-refractivity contribution in [2.45, 2.75) is 71.3 Å². The summed E-state index contributed by atoms with van der Waals surface area (Å²) in [5, 5.41) is 0. The Morgan fingerprint density at radius 3 is 2.35 bits per heavy atom. The lowest BCUT2D eigenvalue weighted by molar-refractivity contribution is -0.165. The maximum absolute atomic E-state index is 12.2. The molecule has 0 aliphatic heterocycles. The third kappa shape index (κ3) is 3.23. The largest absolute Gasteiger partial charge is 0.460 e. The van der Waals surface area contributed by atoms with Crippen molar-refractivity contribution in [3.8, 4) is 0 Å². The van der Waals surface area contributed by atoms with Crippen molar-refractivity contribution < 1.29 is 9.53 Å². The van der Waals surface area contributed by atoms with Gasteiger partial charge in [0.25, 0.3) is 0 Å². The molecule has 0 aromatic heterocycles. The molecule has 0 heterocycles. The summed E-state index contributed by atoms with van der Waals surface area (Å²) in [6.07, 6.45) is 8.85. The second-order valence-corrected chi connectivity index (χ2v) is 6.78. The van der Waals surface area contributed by atoms with Crippen molar-refractivity contribution in [3.05, 3.63) is 0 Å². The molecule has 98 valence electrons. The number of hydrogen-bond donors (Lipinski definition) is 0. The molecule has 17 heavy (non-hydrogen) atoms. The summed E-state index contributed by atoms with van der Waals surface area (Å²) in [4.78, 5) is 12.2. The lowest BCUT2D eigenvalue weighted by Gasteiger charge is -2.40. The Balaban J connectivity index is 2.01. The van der Waals surface area contributed by atoms with E-state index in [4.69, 9.17) is 4.74 Å². The van der Waals surface area contributed by atoms with Crippen LogP contribution in [0.3, 0.4) is 0 Å². The molecule has 1 unspecified atom stereocenters. The van der Waals surface area contributed by atoms with Gasteiger partial charge in [0, 0.05) is 0 Å². The van der Waals surface area contributed by atoms with Crippen LogP contribution in [0.4, 0.5) is 0 Å². The summed E-state index contributed by atoms with van der Waals surface area (Å²) in [5.41, 5.74) is -0.335. The van der Waals surface area contributed by atoms with Gasteiger partial charge in [-0.05, 0) is 45.4 Å². The van der Waals surface area contributed by atoms with Gasteiger partial charge in [0.05, 0.1) is 5.92 Å². The Bertz CT molecular complexity index is 275. The van der Waals surface area contributed by atoms with Crippen LogP contribution in [0.1, 0.15) is 65.7 Å². The smallest absolute Gasteiger partial charge is 0.309 e. The average molecular weight is 238 g/mol. The first-order valence-corrected chi connectivity index (χ1v) is 7.20. The van der Waals surface area contributed by atoms with Crippen molar-refractivity contribution in [2.24, 2.45) is 17.8 Å². The Kier molecular flexibility index (Phi) is 3.79. The van der Waals surface area contributed by atoms with Gasteiger partial charge >= 0.3 is 5.97 Å². The number of carbonyl (C=O) groups excluding carboxylic acids is 1. The monoisotopic (exact) mass is 238 g/mol. The highest BCUT2D eigenvalue weighted by atomic mass is 16.6. The molecule has 2 nitrogen and oxygen atoms in total. The van der Waals surface area contributed by atoms with Crippen LogP contribution in [-0.4, -0.2) is 11.6 Å². The molecule has 0 amide bonds. The molecular formula is C15H26O2. The molecule has 2 heteroatoms. The van der Waals surface area contributed by atoms with E-state index in [9.17, 15) is 4.79 Å². The normalized spacial score (nSPS) is 33.9. The van der Waals surface area contributed by atoms with Gasteiger partial charge in [-0.1, -0.05) is 32.1 Å². The second-order valence-electron chi connectivity index (χ2n) is 6.78. The predicted molar refractivity (Wildman–Crippen MR) is 68.6 cm³/mol. The molecular weight excluding hydrogens is 212 g/mol. The minimum absolute atomic E-state index is 0.0640. The topological polar surface area (TPSA) is 26.3 Å². The van der Waals surface area contributed by atoms with E-state index < -0.39 is 0 Å². The zero-order valence-electron chi connectivity index (χ0n) is 11.5. The van der Waals surface area contributed by atoms with E-state index in [1.807, 2.05) is 20.8 Å². The first-order valence-electron chi connectivity index (χ1n) is 7.20. The fraction of sp³-hybridized carbons (Fsp3) is 0.933. The second kappa shape index (κ2) is 4.99. The quantitative estimate of drug-likeness (QED) is 0.647. The Morgan fingerprint density at radius 2 is 1.65 bits per heavy atom. The SMILES string of the molecule is CC(C)(C)OC(=O)[C@@H]1CCCC2CCCC[C@H]21. The average Bonchev–Trinajstić information content (AvgIpc) is 2.26. The molecule has 0 bridgehead atoms. The van der Waals surface area contributed by atoms with Crippen molar-refractivity contribution in [2.75, 3.05) is 0 Å². The number of fused-ring (bicyclic) bond motifs is 1. The summed E-state index contributed by atoms with van der Waals surface area (Å²) in [5.74, 6) is 1.67. The van der Waals surface area contributed by atoms with Crippen LogP contribution in [0.5, 0.6) is 0 Å². The zero-order chi connectivity index (χ0) is 12.5. The fourth-order valence-corrected chi connectivity index (χ4v) is 3.61. The van der Waals surface area contributed by atoms with E-state index >= 15 is 0 Å². The Morgan fingerprint density at radius 1 is 1.00 bits per heavy atom. The molecule has 0 spiro atoms. The van der Waals surface area contributed by atoms with E-state index in [0.29, 0.717) is 5.92 Å². The van der Waals surface area contributed by atoms with Crippen LogP contribution in [0.25, 0.3) is 0 Å². The minimum Gasteiger partial charge on any atom is -0.460 e. The third-order valence-corrected chi connectivity index (χ3v) is 4.28. The van der Waals surface area contributed by atoms with Gasteiger partial charge in [-0.25, -0.2) is 0 Å². The molecule has 2 fully saturated rings. The lowest BCUT2D eigenvalue weighted by atomic mass is 9.65. The number of carbonyl (C=O) groups is 1. The van der Waals surface area contributed by atoms with Crippen LogP contribution >= 0.6 is 0 Å². The molecule has 0 saturated heterocycles. The first kappa shape index (κ1) is 12.9. The lowest BCUT2D eigenvalue weighted by Crippen LogP contribution is -2.39. The predicted octanol–water partition coefficient (Wildman–Crippen LogP) is 3.93. The van der Waals surface area contributed by atoms with Crippen LogP contribution < -0.4 is 0 Å². The molecule has 0 aromatic rings. The van der Waals surface area contributed by atoms with Crippen LogP contribution in [0.15, 0.2) is 0 Å². The highest BCUT2D eigenvalue weighted by molar-refractivity contribution is 5.73. The van der Waals surface area contributed by atoms with Gasteiger partial charge in [-0.3, -0.25) is 4.79 Å². The van der Waals surface area contributed by atoms with E-state index in [1.54, 1.807) is 0 Å². The van der Waals surface area contributed by atoms with Crippen molar-refractivity contribution in [3.63, 3.8) is 0 Å². The highest BCUT2D eigenvalue weighted by Gasteiger charge is 2.40. The zero-order valence-corrected chi connectivity index (χ0v) is 11.5. The van der Waals surface area contributed by atoms with Gasteiger partial charge in [0.2, 0.25) is 0 Å². The third-order valence-electron chi connectivity index (χ3n) is 4.28. The number of esters is 1. The Hall–Kier alpha value is -0.530. The van der Waals surface area contributed by atoms with Crippen molar-refractivity contribution in [1.82, 2.24) is 0 Å². The number of rotatable bonds is 1. The summed E-state index contributed by atoms with van der Waals surface area (Å²) in [6, 6.07) is 0. The maximum Gasteiger partial charge on any atom is 0.309 e. The van der Waals surface area contributed by atoms with Gasteiger partial charge in [-0.15, -0.1) is 0 Å². The van der Waals surface area contributed by atoms with Gasteiger partial charge in [-0.2, -0.15) is 0 Å². The van der Waals surface area contributed by atoms with Crippen LogP contribution in [0.2, 0.25) is 0 Å². The standard InChI is InChI=1S/C15H26O2/c1-15(2,3)17-14(16)13-10-6-8-11-7-4-5-9-12(11)13/h11-13H,4-10H2,1-3H3/t11?,12-,13-/m1/s1. The van der Waals surface area contributed by atoms with Crippen molar-refractivity contribution >= 4 is 5.97 Å². The van der Waals surface area contributed by atoms with Crippen LogP contribution in [-0.2, 0) is 9.53 Å². The molecule has 0 N–H and O–H groups in total. The number of hydrogen-bond acceptors (Lipinski definition) is 2.